The summed E-state index contributed by atoms with van der Waals surface area (Å²) in [6.07, 6.45) is 0. The Bertz CT molecular complexity index is 3160. The van der Waals surface area contributed by atoms with E-state index in [4.69, 9.17) is 0 Å². The van der Waals surface area contributed by atoms with E-state index in [0.29, 0.717) is 16.8 Å². The summed E-state index contributed by atoms with van der Waals surface area (Å²) >= 11 is 1.74. The van der Waals surface area contributed by atoms with Crippen LogP contribution >= 0.6 is 11.3 Å². The van der Waals surface area contributed by atoms with Crippen molar-refractivity contribution >= 4 is 70.1 Å². The SMILES string of the molecule is [2H]c1c([2H])c(N(c2ccc(-c3ccc4sc5ccccc5c4c3)cc2)c2c([2H])c([2H])c(-c3cccc4ccccc34)c([2H])c2[2H])c([2H])c([2H])c1-c1cccc2ccccc12. The van der Waals surface area contributed by atoms with Crippen molar-refractivity contribution in [3.8, 4) is 33.4 Å². The van der Waals surface area contributed by atoms with Crippen LogP contribution in [0.4, 0.5) is 17.1 Å². The van der Waals surface area contributed by atoms with Crippen LogP contribution in [0.15, 0.2) is 200 Å². The number of hydrogen-bond acceptors (Lipinski definition) is 2. The second-order valence-electron chi connectivity index (χ2n) is 12.7. The average Bonchev–Trinajstić information content (AvgIpc) is 3.66. The van der Waals surface area contributed by atoms with Crippen LogP contribution in [-0.4, -0.2) is 0 Å². The van der Waals surface area contributed by atoms with Crippen molar-refractivity contribution in [3.05, 3.63) is 200 Å². The molecule has 0 aliphatic heterocycles. The molecule has 52 heavy (non-hydrogen) atoms. The maximum absolute atomic E-state index is 9.53. The summed E-state index contributed by atoms with van der Waals surface area (Å²) in [7, 11) is 0. The number of anilines is 3. The second-order valence-corrected chi connectivity index (χ2v) is 13.8. The van der Waals surface area contributed by atoms with Gasteiger partial charge in [0.1, 0.15) is 0 Å². The smallest absolute Gasteiger partial charge is 0.0645 e. The van der Waals surface area contributed by atoms with Gasteiger partial charge in [-0.15, -0.1) is 11.3 Å². The zero-order valence-corrected chi connectivity index (χ0v) is 28.6. The van der Waals surface area contributed by atoms with Crippen molar-refractivity contribution in [3.63, 3.8) is 0 Å². The van der Waals surface area contributed by atoms with Crippen molar-refractivity contribution < 1.29 is 11.0 Å². The predicted octanol–water partition coefficient (Wildman–Crippen LogP) is 14.8. The van der Waals surface area contributed by atoms with Gasteiger partial charge < -0.3 is 4.90 Å². The minimum Gasteiger partial charge on any atom is -0.311 e. The molecule has 0 saturated heterocycles. The number of thiophene rings is 1. The molecule has 0 atom stereocenters. The van der Waals surface area contributed by atoms with Crippen LogP contribution in [0, 0.1) is 0 Å². The molecule has 0 radical (unpaired) electrons. The van der Waals surface area contributed by atoms with Crippen LogP contribution in [0.5, 0.6) is 0 Å². The van der Waals surface area contributed by atoms with E-state index in [1.54, 1.807) is 35.6 Å². The van der Waals surface area contributed by atoms with Gasteiger partial charge in [0.15, 0.2) is 0 Å². The van der Waals surface area contributed by atoms with E-state index in [2.05, 4.69) is 30.3 Å². The van der Waals surface area contributed by atoms with Crippen LogP contribution in [0.2, 0.25) is 0 Å². The molecule has 1 aromatic heterocycles. The standard InChI is InChI=1S/C50H33NS/c1-3-13-43-35(9-1)11-7-16-45(43)37-21-28-41(29-22-37)51(42-30-23-38(24-31-42)46-17-8-12-36-10-2-4-14-44(36)46)40-26-19-34(20-27-40)39-25-32-50-48(33-39)47-15-5-6-18-49(47)52-50/h1-33H/i21D,22D,23D,24D,28D,29D,30D,31D. The Morgan fingerprint density at radius 3 is 1.42 bits per heavy atom. The Balaban J connectivity index is 1.20. The molecule has 0 saturated carbocycles. The molecule has 0 spiro atoms. The summed E-state index contributed by atoms with van der Waals surface area (Å²) in [6.45, 7) is 0. The highest BCUT2D eigenvalue weighted by Gasteiger charge is 2.15. The number of benzene rings is 9. The van der Waals surface area contributed by atoms with Crippen molar-refractivity contribution in [1.29, 1.82) is 0 Å². The fraction of sp³-hybridized carbons (Fsp3) is 0. The van der Waals surface area contributed by atoms with E-state index < -0.39 is 0 Å². The minimum absolute atomic E-state index is 0.128. The summed E-state index contributed by atoms with van der Waals surface area (Å²) in [5.41, 5.74) is 3.17. The molecule has 244 valence electrons. The molecule has 0 unspecified atom stereocenters. The number of rotatable bonds is 6. The normalized spacial score (nSPS) is 13.6. The molecule has 10 rings (SSSR count). The minimum atomic E-state index is -0.382. The molecule has 0 N–H and O–H groups in total. The Morgan fingerprint density at radius 1 is 0.346 bits per heavy atom. The second kappa shape index (κ2) is 12.7. The number of nitrogens with zero attached hydrogens (tertiary/aromatic N) is 1. The van der Waals surface area contributed by atoms with Crippen LogP contribution in [0.3, 0.4) is 0 Å². The van der Waals surface area contributed by atoms with Gasteiger partial charge in [-0.25, -0.2) is 0 Å². The first-order chi connectivity index (χ1) is 29.1. The van der Waals surface area contributed by atoms with Gasteiger partial charge >= 0.3 is 0 Å². The van der Waals surface area contributed by atoms with Gasteiger partial charge in [0.05, 0.1) is 11.0 Å². The van der Waals surface area contributed by atoms with Crippen LogP contribution < -0.4 is 4.90 Å². The third-order valence-electron chi connectivity index (χ3n) is 9.62. The Kier molecular flexibility index (Phi) is 5.63. The summed E-state index contributed by atoms with van der Waals surface area (Å²) in [6, 6.07) is 45.5. The molecule has 1 heterocycles. The first-order valence-corrected chi connectivity index (χ1v) is 17.9. The van der Waals surface area contributed by atoms with Crippen LogP contribution in [-0.2, 0) is 0 Å². The summed E-state index contributed by atoms with van der Waals surface area (Å²) in [5, 5.41) is 5.64. The average molecular weight is 688 g/mol. The lowest BCUT2D eigenvalue weighted by atomic mass is 9.97. The largest absolute Gasteiger partial charge is 0.311 e. The van der Waals surface area contributed by atoms with E-state index in [-0.39, 0.29) is 70.8 Å². The maximum atomic E-state index is 9.53. The van der Waals surface area contributed by atoms with Crippen molar-refractivity contribution in [2.45, 2.75) is 0 Å². The quantitative estimate of drug-likeness (QED) is 0.168. The number of hydrogen-bond donors (Lipinski definition) is 0. The highest BCUT2D eigenvalue weighted by Crippen LogP contribution is 2.40. The summed E-state index contributed by atoms with van der Waals surface area (Å²) in [5.74, 6) is 0. The molecule has 0 bridgehead atoms. The lowest BCUT2D eigenvalue weighted by molar-refractivity contribution is 1.28. The van der Waals surface area contributed by atoms with E-state index in [1.807, 2.05) is 97.1 Å². The molecule has 10 aromatic rings. The first-order valence-electron chi connectivity index (χ1n) is 21.1. The fourth-order valence-electron chi connectivity index (χ4n) is 7.07. The molecule has 0 aliphatic carbocycles. The number of fused-ring (bicyclic) bond motifs is 5. The predicted molar refractivity (Wildman–Crippen MR) is 225 cm³/mol. The van der Waals surface area contributed by atoms with Crippen LogP contribution in [0.25, 0.3) is 75.1 Å². The molecule has 1 nitrogen and oxygen atoms in total. The third kappa shape index (κ3) is 5.33. The van der Waals surface area contributed by atoms with Gasteiger partial charge in [-0.1, -0.05) is 145 Å². The van der Waals surface area contributed by atoms with Gasteiger partial charge in [0.2, 0.25) is 0 Å². The van der Waals surface area contributed by atoms with Gasteiger partial charge in [-0.3, -0.25) is 0 Å². The first kappa shape index (κ1) is 23.1. The fourth-order valence-corrected chi connectivity index (χ4v) is 8.16. The zero-order valence-electron chi connectivity index (χ0n) is 35.8. The molecule has 0 amide bonds. The van der Waals surface area contributed by atoms with E-state index in [1.165, 1.54) is 19.7 Å². The van der Waals surface area contributed by atoms with Gasteiger partial charge in [-0.05, 0) is 109 Å². The lowest BCUT2D eigenvalue weighted by Gasteiger charge is -2.26. The molecule has 0 aliphatic rings. The van der Waals surface area contributed by atoms with E-state index >= 15 is 0 Å². The van der Waals surface area contributed by atoms with Crippen LogP contribution in [0.1, 0.15) is 11.0 Å². The Hall–Kier alpha value is -6.48. The van der Waals surface area contributed by atoms with Gasteiger partial charge in [0, 0.05) is 37.2 Å². The van der Waals surface area contributed by atoms with Crippen molar-refractivity contribution in [2.75, 3.05) is 4.90 Å². The summed E-state index contributed by atoms with van der Waals surface area (Å²) in [4.78, 5) is 1.36. The van der Waals surface area contributed by atoms with E-state index in [9.17, 15) is 11.0 Å². The van der Waals surface area contributed by atoms with Crippen molar-refractivity contribution in [1.82, 2.24) is 0 Å². The van der Waals surface area contributed by atoms with Gasteiger partial charge in [0.25, 0.3) is 0 Å². The monoisotopic (exact) mass is 687 g/mol. The molecular formula is C50H33NS. The third-order valence-corrected chi connectivity index (χ3v) is 10.8. The molecule has 0 fully saturated rings. The summed E-state index contributed by atoms with van der Waals surface area (Å²) < 4.78 is 78.1. The zero-order chi connectivity index (χ0) is 41.4. The van der Waals surface area contributed by atoms with E-state index in [0.717, 1.165) is 38.1 Å². The topological polar surface area (TPSA) is 3.24 Å². The molecule has 2 heteroatoms. The Labute approximate surface area is 318 Å². The molecular weight excluding hydrogens is 647 g/mol. The molecule has 9 aromatic carbocycles. The van der Waals surface area contributed by atoms with Gasteiger partial charge in [-0.2, -0.15) is 0 Å². The maximum Gasteiger partial charge on any atom is 0.0645 e. The highest BCUT2D eigenvalue weighted by atomic mass is 32.1. The highest BCUT2D eigenvalue weighted by molar-refractivity contribution is 7.25. The van der Waals surface area contributed by atoms with Crippen molar-refractivity contribution in [2.24, 2.45) is 0 Å². The Morgan fingerprint density at radius 2 is 0.827 bits per heavy atom. The lowest BCUT2D eigenvalue weighted by Crippen LogP contribution is -2.09.